The Kier molecular flexibility index (Phi) is 7.91. The molecule has 1 aromatic heterocycles. The largest absolute Gasteiger partial charge is 0.480 e. The molecule has 5 rings (SSSR count). The molecule has 1 aliphatic carbocycles. The van der Waals surface area contributed by atoms with Crippen LogP contribution < -0.4 is 10.6 Å². The maximum absolute atomic E-state index is 13.7. The number of nitrogens with zero attached hydrogens (tertiary/aromatic N) is 1. The minimum absolute atomic E-state index is 0.133. The number of aromatic nitrogens is 1. The number of benzene rings is 3. The van der Waals surface area contributed by atoms with Gasteiger partial charge in [-0.3, -0.25) is 14.6 Å². The second-order valence-electron chi connectivity index (χ2n) is 10.6. The number of para-hydroxylation sites is 1. The number of rotatable bonds is 8. The molecule has 3 N–H and O–H groups in total. The quantitative estimate of drug-likeness (QED) is 0.264. The summed E-state index contributed by atoms with van der Waals surface area (Å²) >= 11 is 0. The Hall–Kier alpha value is -4.52. The van der Waals surface area contributed by atoms with Crippen LogP contribution in [-0.2, 0) is 21.4 Å². The van der Waals surface area contributed by atoms with Crippen molar-refractivity contribution in [3.63, 3.8) is 0 Å². The lowest BCUT2D eigenvalue weighted by molar-refractivity contribution is -0.143. The molecule has 0 bridgehead atoms. The van der Waals surface area contributed by atoms with Gasteiger partial charge in [-0.05, 0) is 55.2 Å². The van der Waals surface area contributed by atoms with E-state index in [9.17, 15) is 19.5 Å². The summed E-state index contributed by atoms with van der Waals surface area (Å²) in [7, 11) is 0. The molecule has 0 spiro atoms. The van der Waals surface area contributed by atoms with E-state index >= 15 is 0 Å². The molecular weight excluding hydrogens is 502 g/mol. The highest BCUT2D eigenvalue weighted by Crippen LogP contribution is 2.40. The van der Waals surface area contributed by atoms with Crippen LogP contribution in [0.3, 0.4) is 0 Å². The molecule has 7 heteroatoms. The van der Waals surface area contributed by atoms with Crippen LogP contribution in [0.1, 0.15) is 59.2 Å². The molecule has 204 valence electrons. The van der Waals surface area contributed by atoms with Crippen LogP contribution in [-0.4, -0.2) is 33.9 Å². The molecule has 1 saturated carbocycles. The van der Waals surface area contributed by atoms with Gasteiger partial charge in [0.15, 0.2) is 0 Å². The molecule has 1 heterocycles. The summed E-state index contributed by atoms with van der Waals surface area (Å²) in [6, 6.07) is 23.1. The molecule has 0 unspecified atom stereocenters. The zero-order chi connectivity index (χ0) is 28.1. The number of nitrogens with one attached hydrogen (secondary N) is 2. The van der Waals surface area contributed by atoms with Crippen LogP contribution in [0.15, 0.2) is 85.1 Å². The summed E-state index contributed by atoms with van der Waals surface area (Å²) in [5.41, 5.74) is 3.94. The number of fused-ring (bicyclic) bond motifs is 1. The van der Waals surface area contributed by atoms with E-state index in [-0.39, 0.29) is 18.2 Å². The second kappa shape index (κ2) is 11.7. The number of carboxylic acid groups (broad SMARTS) is 1. The summed E-state index contributed by atoms with van der Waals surface area (Å²) in [5, 5.41) is 16.5. The second-order valence-corrected chi connectivity index (χ2v) is 10.6. The molecule has 0 saturated heterocycles. The summed E-state index contributed by atoms with van der Waals surface area (Å²) < 4.78 is 0. The van der Waals surface area contributed by atoms with Gasteiger partial charge in [0.2, 0.25) is 5.91 Å². The zero-order valence-electron chi connectivity index (χ0n) is 22.5. The van der Waals surface area contributed by atoms with Crippen molar-refractivity contribution in [1.29, 1.82) is 0 Å². The number of amides is 2. The van der Waals surface area contributed by atoms with Gasteiger partial charge in [-0.2, -0.15) is 0 Å². The molecule has 1 atom stereocenters. The average molecular weight is 536 g/mol. The molecule has 40 heavy (non-hydrogen) atoms. The zero-order valence-corrected chi connectivity index (χ0v) is 22.5. The SMILES string of the molecule is Cc1ccc(C2(C(=O)N[C@@H](Cc3ccc(NC(=O)c4ccnc5ccccc45)cc3)C(=O)O)CCCCC2)cc1. The summed E-state index contributed by atoms with van der Waals surface area (Å²) in [4.78, 5) is 43.1. The third kappa shape index (κ3) is 5.73. The first-order chi connectivity index (χ1) is 19.4. The molecular formula is C33H33N3O4. The maximum atomic E-state index is 13.7. The predicted octanol–water partition coefficient (Wildman–Crippen LogP) is 5.81. The topological polar surface area (TPSA) is 108 Å². The molecule has 0 aliphatic heterocycles. The lowest BCUT2D eigenvalue weighted by Crippen LogP contribution is -2.52. The Morgan fingerprint density at radius 3 is 2.30 bits per heavy atom. The highest BCUT2D eigenvalue weighted by atomic mass is 16.4. The normalized spacial score (nSPS) is 15.2. The van der Waals surface area contributed by atoms with Crippen molar-refractivity contribution >= 4 is 34.4 Å². The molecule has 4 aromatic rings. The third-order valence-electron chi connectivity index (χ3n) is 7.89. The van der Waals surface area contributed by atoms with Gasteiger partial charge in [0.1, 0.15) is 6.04 Å². The Balaban J connectivity index is 1.28. The average Bonchev–Trinajstić information content (AvgIpc) is 2.98. The van der Waals surface area contributed by atoms with Crippen LogP contribution in [0.5, 0.6) is 0 Å². The summed E-state index contributed by atoms with van der Waals surface area (Å²) in [5.74, 6) is -1.56. The van der Waals surface area contributed by atoms with Crippen LogP contribution in [0.2, 0.25) is 0 Å². The smallest absolute Gasteiger partial charge is 0.326 e. The van der Waals surface area contributed by atoms with Crippen LogP contribution >= 0.6 is 0 Å². The lowest BCUT2D eigenvalue weighted by atomic mass is 9.68. The Morgan fingerprint density at radius 2 is 1.60 bits per heavy atom. The first-order valence-electron chi connectivity index (χ1n) is 13.7. The van der Waals surface area contributed by atoms with E-state index in [1.807, 2.05) is 55.5 Å². The Labute approximate surface area is 233 Å². The highest BCUT2D eigenvalue weighted by Gasteiger charge is 2.42. The number of pyridine rings is 1. The van der Waals surface area contributed by atoms with Gasteiger partial charge in [0.25, 0.3) is 5.91 Å². The molecule has 3 aromatic carbocycles. The Morgan fingerprint density at radius 1 is 0.900 bits per heavy atom. The van der Waals surface area contributed by atoms with E-state index in [4.69, 9.17) is 0 Å². The van der Waals surface area contributed by atoms with E-state index in [0.717, 1.165) is 46.9 Å². The lowest BCUT2D eigenvalue weighted by Gasteiger charge is -2.37. The minimum Gasteiger partial charge on any atom is -0.480 e. The molecule has 1 aliphatic rings. The van der Waals surface area contributed by atoms with Crippen molar-refractivity contribution in [2.45, 2.75) is 56.9 Å². The summed E-state index contributed by atoms with van der Waals surface area (Å²) in [6.45, 7) is 2.01. The van der Waals surface area contributed by atoms with E-state index in [0.29, 0.717) is 24.1 Å². The summed E-state index contributed by atoms with van der Waals surface area (Å²) in [6.07, 6.45) is 6.09. The third-order valence-corrected chi connectivity index (χ3v) is 7.89. The van der Waals surface area contributed by atoms with Crippen LogP contribution in [0, 0.1) is 6.92 Å². The van der Waals surface area contributed by atoms with E-state index in [2.05, 4.69) is 15.6 Å². The van der Waals surface area contributed by atoms with Crippen molar-refractivity contribution in [2.75, 3.05) is 5.32 Å². The fraction of sp³-hybridized carbons (Fsp3) is 0.273. The van der Waals surface area contributed by atoms with Gasteiger partial charge in [-0.15, -0.1) is 0 Å². The number of hydrogen-bond donors (Lipinski definition) is 3. The number of carbonyl (C=O) groups excluding carboxylic acids is 2. The van der Waals surface area contributed by atoms with Gasteiger partial charge in [0.05, 0.1) is 16.5 Å². The molecule has 2 amide bonds. The number of aryl methyl sites for hydroxylation is 1. The molecule has 1 fully saturated rings. The minimum atomic E-state index is -1.08. The van der Waals surface area contributed by atoms with Crippen molar-refractivity contribution in [3.8, 4) is 0 Å². The van der Waals surface area contributed by atoms with Crippen molar-refractivity contribution in [3.05, 3.63) is 107 Å². The van der Waals surface area contributed by atoms with Gasteiger partial charge in [-0.1, -0.05) is 79.4 Å². The fourth-order valence-corrected chi connectivity index (χ4v) is 5.62. The van der Waals surface area contributed by atoms with Crippen molar-refractivity contribution in [1.82, 2.24) is 10.3 Å². The van der Waals surface area contributed by atoms with Crippen molar-refractivity contribution < 1.29 is 19.5 Å². The molecule has 0 radical (unpaired) electrons. The number of carboxylic acids is 1. The van der Waals surface area contributed by atoms with E-state index in [1.165, 1.54) is 0 Å². The van der Waals surface area contributed by atoms with Gasteiger partial charge in [-0.25, -0.2) is 4.79 Å². The van der Waals surface area contributed by atoms with Crippen LogP contribution in [0.25, 0.3) is 10.9 Å². The highest BCUT2D eigenvalue weighted by molar-refractivity contribution is 6.12. The fourth-order valence-electron chi connectivity index (χ4n) is 5.62. The van der Waals surface area contributed by atoms with E-state index in [1.54, 1.807) is 36.5 Å². The number of aliphatic carboxylic acids is 1. The van der Waals surface area contributed by atoms with Crippen molar-refractivity contribution in [2.24, 2.45) is 0 Å². The van der Waals surface area contributed by atoms with Gasteiger partial charge in [0, 0.05) is 23.7 Å². The maximum Gasteiger partial charge on any atom is 0.326 e. The van der Waals surface area contributed by atoms with Crippen LogP contribution in [0.4, 0.5) is 5.69 Å². The first-order valence-corrected chi connectivity index (χ1v) is 13.7. The van der Waals surface area contributed by atoms with E-state index < -0.39 is 17.4 Å². The number of carbonyl (C=O) groups is 3. The molecule has 7 nitrogen and oxygen atoms in total. The number of hydrogen-bond acceptors (Lipinski definition) is 4. The predicted molar refractivity (Wildman–Crippen MR) is 155 cm³/mol. The number of anilines is 1. The van der Waals surface area contributed by atoms with Gasteiger partial charge >= 0.3 is 5.97 Å². The monoisotopic (exact) mass is 535 g/mol. The standard InChI is InChI=1S/C33H33N3O4/c1-22-9-13-24(14-10-22)33(18-5-2-6-19-33)32(40)36-29(31(38)39)21-23-11-15-25(16-12-23)35-30(37)27-17-20-34-28-8-4-3-7-26(27)28/h3-4,7-17,20,29H,2,5-6,18-19,21H2,1H3,(H,35,37)(H,36,40)(H,38,39)/t29-/m0/s1. The Bertz CT molecular complexity index is 1520. The first kappa shape index (κ1) is 27.1. The van der Waals surface area contributed by atoms with Gasteiger partial charge < -0.3 is 15.7 Å².